The number of hydrogen-bond acceptors (Lipinski definition) is 0. The van der Waals surface area contributed by atoms with Crippen LogP contribution < -0.4 is 0 Å². The molecular weight excluding hydrogens is 380 g/mol. The van der Waals surface area contributed by atoms with Gasteiger partial charge in [-0.3, -0.25) is 0 Å². The first-order valence-electron chi connectivity index (χ1n) is 0.333. The zero-order chi connectivity index (χ0) is 2.00. The fraction of sp³-hybridized carbons (Fsp3) is 0. The average Bonchev–Trinajstić information content (AvgIpc) is 1.00. The molecule has 0 aliphatic rings. The smallest absolute Gasteiger partial charge is 0.0996 e. The SMILES string of the molecule is [B]P.[Mo].[Ni].[W]. The molecule has 0 aromatic heterocycles. The zero-order valence-electron chi connectivity index (χ0n) is 2.29. The minimum absolute atomic E-state index is 0. The molecule has 5 heavy (non-hydrogen) atoms. The Kier molecular flexibility index (Phi) is 173. The zero-order valence-corrected chi connectivity index (χ0v) is 9.37. The van der Waals surface area contributed by atoms with Crippen LogP contribution in [-0.2, 0) is 58.6 Å². The van der Waals surface area contributed by atoms with Crippen molar-refractivity contribution in [1.29, 1.82) is 0 Å². The molecule has 0 heterocycles. The van der Waals surface area contributed by atoms with Gasteiger partial charge in [-0.05, 0) is 0 Å². The van der Waals surface area contributed by atoms with Crippen molar-refractivity contribution >= 4 is 16.7 Å². The summed E-state index contributed by atoms with van der Waals surface area (Å²) in [6, 6.07) is 0. The molecule has 0 nitrogen and oxygen atoms in total. The Hall–Kier alpha value is 2.37. The van der Waals surface area contributed by atoms with E-state index in [0.717, 1.165) is 0 Å². The normalized spacial score (nSPS) is 1.00. The molecule has 1 unspecified atom stereocenters. The first-order chi connectivity index (χ1) is 1.00. The van der Waals surface area contributed by atoms with E-state index in [1.54, 1.807) is 0 Å². The molecule has 0 fully saturated rings. The maximum atomic E-state index is 4.42. The van der Waals surface area contributed by atoms with E-state index in [9.17, 15) is 0 Å². The van der Waals surface area contributed by atoms with E-state index in [2.05, 4.69) is 7.57 Å². The predicted molar refractivity (Wildman–Crippen MR) is 15.5 cm³/mol. The van der Waals surface area contributed by atoms with Crippen LogP contribution >= 0.6 is 9.12 Å². The second-order valence-electron chi connectivity index (χ2n) is 0. The molecule has 2 radical (unpaired) electrons. The molecular formula is H2BMoNiPW. The van der Waals surface area contributed by atoms with Crippen LogP contribution in [-0.4, -0.2) is 7.57 Å². The van der Waals surface area contributed by atoms with Gasteiger partial charge >= 0.3 is 0 Å². The third-order valence-corrected chi connectivity index (χ3v) is 0. The number of hydrogen-bond donors (Lipinski definition) is 0. The van der Waals surface area contributed by atoms with Crippen molar-refractivity contribution in [2.24, 2.45) is 0 Å². The van der Waals surface area contributed by atoms with Gasteiger partial charge in [0.1, 0.15) is 0 Å². The van der Waals surface area contributed by atoms with Crippen LogP contribution in [0.2, 0.25) is 0 Å². The van der Waals surface area contributed by atoms with Crippen molar-refractivity contribution < 1.29 is 58.6 Å². The summed E-state index contributed by atoms with van der Waals surface area (Å²) >= 11 is 0. The Morgan fingerprint density at radius 2 is 1.20 bits per heavy atom. The summed E-state index contributed by atoms with van der Waals surface area (Å²) in [5, 5.41) is 0. The maximum absolute atomic E-state index is 4.42. The van der Waals surface area contributed by atoms with Crippen molar-refractivity contribution in [3.63, 3.8) is 0 Å². The molecule has 0 amide bonds. The van der Waals surface area contributed by atoms with Crippen molar-refractivity contribution in [1.82, 2.24) is 0 Å². The van der Waals surface area contributed by atoms with Gasteiger partial charge in [0.25, 0.3) is 0 Å². The van der Waals surface area contributed by atoms with E-state index in [4.69, 9.17) is 0 Å². The van der Waals surface area contributed by atoms with E-state index in [-0.39, 0.29) is 58.6 Å². The molecule has 0 saturated carbocycles. The minimum Gasteiger partial charge on any atom is -0.187 e. The Labute approximate surface area is 74.6 Å². The second-order valence-corrected chi connectivity index (χ2v) is 0. The largest absolute Gasteiger partial charge is 0.187 e. The molecule has 0 N–H and O–H groups in total. The standard InChI is InChI=1S/BH2P.Mo.Ni.W/c1-2;;;/h2H2;;;. The first-order valence-corrected chi connectivity index (χ1v) is 1.00. The van der Waals surface area contributed by atoms with Gasteiger partial charge in [-0.2, -0.15) is 9.12 Å². The monoisotopic (exact) mass is 384 g/mol. The Bertz CT molecular complexity index is 11.6. The Morgan fingerprint density at radius 1 is 1.20 bits per heavy atom. The van der Waals surface area contributed by atoms with Crippen LogP contribution in [0.25, 0.3) is 0 Å². The summed E-state index contributed by atoms with van der Waals surface area (Å²) in [4.78, 5) is 0. The Morgan fingerprint density at radius 3 is 1.20 bits per heavy atom. The van der Waals surface area contributed by atoms with Crippen LogP contribution in [0, 0.1) is 0 Å². The molecule has 0 aromatic rings. The van der Waals surface area contributed by atoms with Crippen molar-refractivity contribution in [3.8, 4) is 0 Å². The van der Waals surface area contributed by atoms with Gasteiger partial charge in [0.2, 0.25) is 0 Å². The van der Waals surface area contributed by atoms with Gasteiger partial charge in [0.15, 0.2) is 0 Å². The fourth-order valence-electron chi connectivity index (χ4n) is 0. The minimum atomic E-state index is 0. The summed E-state index contributed by atoms with van der Waals surface area (Å²) in [5.41, 5.74) is 0. The van der Waals surface area contributed by atoms with Gasteiger partial charge in [-0.25, -0.2) is 0 Å². The molecule has 0 aromatic carbocycles. The van der Waals surface area contributed by atoms with Crippen LogP contribution in [0.3, 0.4) is 0 Å². The third-order valence-electron chi connectivity index (χ3n) is 0. The molecule has 0 aliphatic heterocycles. The van der Waals surface area contributed by atoms with Gasteiger partial charge in [-0.1, -0.05) is 0 Å². The third kappa shape index (κ3) is 21.7. The van der Waals surface area contributed by atoms with Gasteiger partial charge < -0.3 is 0 Å². The molecule has 1 atom stereocenters. The summed E-state index contributed by atoms with van der Waals surface area (Å²) in [6.45, 7) is 0. The molecule has 32 valence electrons. The van der Waals surface area contributed by atoms with Crippen LogP contribution in [0.15, 0.2) is 0 Å². The van der Waals surface area contributed by atoms with E-state index in [1.165, 1.54) is 0 Å². The number of rotatable bonds is 0. The quantitative estimate of drug-likeness (QED) is 0.407. The predicted octanol–water partition coefficient (Wildman–Crippen LogP) is -0.0625. The van der Waals surface area contributed by atoms with E-state index < -0.39 is 0 Å². The van der Waals surface area contributed by atoms with Crippen molar-refractivity contribution in [2.75, 3.05) is 0 Å². The Balaban J connectivity index is -0.00000000167. The van der Waals surface area contributed by atoms with Gasteiger partial charge in [-0.15, -0.1) is 0 Å². The molecule has 0 aliphatic carbocycles. The van der Waals surface area contributed by atoms with Crippen LogP contribution in [0.1, 0.15) is 0 Å². The summed E-state index contributed by atoms with van der Waals surface area (Å²) in [6.07, 6.45) is 0. The van der Waals surface area contributed by atoms with Gasteiger partial charge in [0, 0.05) is 58.6 Å². The molecule has 0 bridgehead atoms. The molecule has 0 spiro atoms. The first kappa shape index (κ1) is 26.4. The summed E-state index contributed by atoms with van der Waals surface area (Å²) in [5.74, 6) is 0. The molecule has 5 heteroatoms. The topological polar surface area (TPSA) is 0 Å². The average molecular weight is 382 g/mol. The summed E-state index contributed by atoms with van der Waals surface area (Å²) < 4.78 is 0. The van der Waals surface area contributed by atoms with Crippen molar-refractivity contribution in [3.05, 3.63) is 0 Å². The van der Waals surface area contributed by atoms with Crippen molar-refractivity contribution in [2.45, 2.75) is 0 Å². The molecule has 0 rings (SSSR count). The maximum Gasteiger partial charge on any atom is 0.0996 e. The van der Waals surface area contributed by atoms with Gasteiger partial charge in [0.05, 0.1) is 7.57 Å². The van der Waals surface area contributed by atoms with E-state index >= 15 is 0 Å². The fourth-order valence-corrected chi connectivity index (χ4v) is 0. The van der Waals surface area contributed by atoms with Crippen LogP contribution in [0.5, 0.6) is 0 Å². The van der Waals surface area contributed by atoms with E-state index in [0.29, 0.717) is 0 Å². The molecule has 0 saturated heterocycles. The summed E-state index contributed by atoms with van der Waals surface area (Å²) in [7, 11) is 6.33. The van der Waals surface area contributed by atoms with Crippen LogP contribution in [0.4, 0.5) is 0 Å². The van der Waals surface area contributed by atoms with E-state index in [1.807, 2.05) is 9.12 Å². The second kappa shape index (κ2) is 32.8.